The van der Waals surface area contributed by atoms with Gasteiger partial charge in [0.2, 0.25) is 5.91 Å². The first-order valence-electron chi connectivity index (χ1n) is 6.91. The monoisotopic (exact) mass is 324 g/mol. The van der Waals surface area contributed by atoms with Gasteiger partial charge >= 0.3 is 0 Å². The van der Waals surface area contributed by atoms with E-state index >= 15 is 0 Å². The first kappa shape index (κ1) is 14.5. The van der Waals surface area contributed by atoms with Crippen molar-refractivity contribution < 1.29 is 4.79 Å². The fraction of sp³-hybridized carbons (Fsp3) is 0.533. The Bertz CT molecular complexity index is 430. The number of hydrogen-bond acceptors (Lipinski definition) is 2. The Morgan fingerprint density at radius 2 is 2.32 bits per heavy atom. The van der Waals surface area contributed by atoms with Crippen LogP contribution in [0, 0.1) is 5.92 Å². The molecule has 2 N–H and O–H groups in total. The van der Waals surface area contributed by atoms with E-state index in [9.17, 15) is 4.79 Å². The van der Waals surface area contributed by atoms with E-state index in [0.717, 1.165) is 29.5 Å². The van der Waals surface area contributed by atoms with Crippen molar-refractivity contribution in [1.29, 1.82) is 0 Å². The molecule has 0 spiro atoms. The third kappa shape index (κ3) is 4.32. The van der Waals surface area contributed by atoms with Gasteiger partial charge in [-0.2, -0.15) is 0 Å². The Balaban J connectivity index is 1.86. The molecule has 1 aliphatic heterocycles. The summed E-state index contributed by atoms with van der Waals surface area (Å²) in [6.07, 6.45) is 2.96. The molecule has 1 fully saturated rings. The van der Waals surface area contributed by atoms with Crippen LogP contribution in [0.5, 0.6) is 0 Å². The van der Waals surface area contributed by atoms with E-state index in [0.29, 0.717) is 12.3 Å². The molecule has 19 heavy (non-hydrogen) atoms. The number of benzene rings is 1. The first-order valence-corrected chi connectivity index (χ1v) is 7.70. The number of carbonyl (C=O) groups is 1. The molecular formula is C15H21BrN2O. The molecule has 1 aromatic carbocycles. The number of rotatable bonds is 4. The maximum absolute atomic E-state index is 12.1. The summed E-state index contributed by atoms with van der Waals surface area (Å²) < 4.78 is 1.04. The summed E-state index contributed by atoms with van der Waals surface area (Å²) in [5.74, 6) is 0.636. The van der Waals surface area contributed by atoms with Crippen LogP contribution >= 0.6 is 15.9 Å². The smallest absolute Gasteiger partial charge is 0.220 e. The SMILES string of the molecule is C[C@@H](NC(=O)CC1CCCNC1)c1ccccc1Br. The Morgan fingerprint density at radius 1 is 1.53 bits per heavy atom. The summed E-state index contributed by atoms with van der Waals surface area (Å²) >= 11 is 3.52. The van der Waals surface area contributed by atoms with E-state index in [4.69, 9.17) is 0 Å². The second-order valence-corrected chi connectivity index (χ2v) is 6.08. The zero-order chi connectivity index (χ0) is 13.7. The van der Waals surface area contributed by atoms with Gasteiger partial charge < -0.3 is 10.6 Å². The van der Waals surface area contributed by atoms with Crippen LogP contribution in [0.4, 0.5) is 0 Å². The molecule has 0 radical (unpaired) electrons. The van der Waals surface area contributed by atoms with Gasteiger partial charge in [-0.3, -0.25) is 4.79 Å². The van der Waals surface area contributed by atoms with Crippen molar-refractivity contribution >= 4 is 21.8 Å². The quantitative estimate of drug-likeness (QED) is 0.893. The number of amides is 1. The van der Waals surface area contributed by atoms with Crippen LogP contribution in [-0.4, -0.2) is 19.0 Å². The zero-order valence-electron chi connectivity index (χ0n) is 11.3. The van der Waals surface area contributed by atoms with Crippen LogP contribution in [0.2, 0.25) is 0 Å². The number of nitrogens with one attached hydrogen (secondary N) is 2. The zero-order valence-corrected chi connectivity index (χ0v) is 12.9. The highest BCUT2D eigenvalue weighted by molar-refractivity contribution is 9.10. The molecule has 0 aromatic heterocycles. The lowest BCUT2D eigenvalue weighted by Crippen LogP contribution is -2.35. The average Bonchev–Trinajstić information content (AvgIpc) is 2.40. The molecule has 104 valence electrons. The molecule has 4 heteroatoms. The van der Waals surface area contributed by atoms with E-state index in [1.807, 2.05) is 31.2 Å². The van der Waals surface area contributed by atoms with Crippen LogP contribution in [0.25, 0.3) is 0 Å². The summed E-state index contributed by atoms with van der Waals surface area (Å²) in [4.78, 5) is 12.1. The predicted molar refractivity (Wildman–Crippen MR) is 80.9 cm³/mol. The van der Waals surface area contributed by atoms with Gasteiger partial charge in [0.15, 0.2) is 0 Å². The summed E-state index contributed by atoms with van der Waals surface area (Å²) in [5.41, 5.74) is 1.12. The third-order valence-electron chi connectivity index (χ3n) is 3.62. The van der Waals surface area contributed by atoms with E-state index in [1.54, 1.807) is 0 Å². The van der Waals surface area contributed by atoms with Crippen LogP contribution in [-0.2, 0) is 4.79 Å². The molecule has 1 amide bonds. The van der Waals surface area contributed by atoms with Gasteiger partial charge in [0.05, 0.1) is 6.04 Å². The van der Waals surface area contributed by atoms with Gasteiger partial charge in [-0.15, -0.1) is 0 Å². The largest absolute Gasteiger partial charge is 0.350 e. The van der Waals surface area contributed by atoms with Crippen molar-refractivity contribution in [3.05, 3.63) is 34.3 Å². The lowest BCUT2D eigenvalue weighted by Gasteiger charge is -2.23. The van der Waals surface area contributed by atoms with Crippen molar-refractivity contribution in [2.45, 2.75) is 32.2 Å². The molecule has 0 aliphatic carbocycles. The molecule has 1 heterocycles. The van der Waals surface area contributed by atoms with Gasteiger partial charge in [-0.25, -0.2) is 0 Å². The van der Waals surface area contributed by atoms with Gasteiger partial charge in [-0.1, -0.05) is 34.1 Å². The summed E-state index contributed by atoms with van der Waals surface area (Å²) in [5, 5.41) is 6.43. The van der Waals surface area contributed by atoms with Crippen LogP contribution in [0.1, 0.15) is 37.8 Å². The molecule has 2 atom stereocenters. The Kier molecular flexibility index (Phi) is 5.40. The van der Waals surface area contributed by atoms with E-state index in [1.165, 1.54) is 6.42 Å². The van der Waals surface area contributed by atoms with Crippen LogP contribution in [0.15, 0.2) is 28.7 Å². The molecule has 1 saturated heterocycles. The maximum atomic E-state index is 12.1. The first-order chi connectivity index (χ1) is 9.16. The van der Waals surface area contributed by atoms with Crippen molar-refractivity contribution in [3.63, 3.8) is 0 Å². The minimum absolute atomic E-state index is 0.0413. The van der Waals surface area contributed by atoms with Gasteiger partial charge in [-0.05, 0) is 50.4 Å². The van der Waals surface area contributed by atoms with Gasteiger partial charge in [0.25, 0.3) is 0 Å². The molecule has 1 aromatic rings. The highest BCUT2D eigenvalue weighted by Gasteiger charge is 2.18. The van der Waals surface area contributed by atoms with Crippen molar-refractivity contribution in [3.8, 4) is 0 Å². The second-order valence-electron chi connectivity index (χ2n) is 5.23. The van der Waals surface area contributed by atoms with Crippen LogP contribution < -0.4 is 10.6 Å². The Hall–Kier alpha value is -0.870. The summed E-state index contributed by atoms with van der Waals surface area (Å²) in [6.45, 7) is 4.08. The fourth-order valence-corrected chi connectivity index (χ4v) is 3.19. The van der Waals surface area contributed by atoms with Crippen LogP contribution in [0.3, 0.4) is 0 Å². The lowest BCUT2D eigenvalue weighted by molar-refractivity contribution is -0.122. The average molecular weight is 325 g/mol. The van der Waals surface area contributed by atoms with Crippen molar-refractivity contribution in [2.75, 3.05) is 13.1 Å². The number of hydrogen-bond donors (Lipinski definition) is 2. The van der Waals surface area contributed by atoms with Gasteiger partial charge in [0, 0.05) is 10.9 Å². The molecule has 3 nitrogen and oxygen atoms in total. The minimum atomic E-state index is 0.0413. The Morgan fingerprint density at radius 3 is 3.00 bits per heavy atom. The number of halogens is 1. The van der Waals surface area contributed by atoms with Crippen molar-refractivity contribution in [1.82, 2.24) is 10.6 Å². The lowest BCUT2D eigenvalue weighted by atomic mass is 9.95. The molecular weight excluding hydrogens is 304 g/mol. The molecule has 1 unspecified atom stereocenters. The van der Waals surface area contributed by atoms with E-state index in [2.05, 4.69) is 26.6 Å². The number of piperidine rings is 1. The molecule has 0 saturated carbocycles. The third-order valence-corrected chi connectivity index (χ3v) is 4.34. The highest BCUT2D eigenvalue weighted by Crippen LogP contribution is 2.23. The molecule has 0 bridgehead atoms. The highest BCUT2D eigenvalue weighted by atomic mass is 79.9. The topological polar surface area (TPSA) is 41.1 Å². The molecule has 1 aliphatic rings. The predicted octanol–water partition coefficient (Wildman–Crippen LogP) is 3.02. The van der Waals surface area contributed by atoms with E-state index in [-0.39, 0.29) is 11.9 Å². The minimum Gasteiger partial charge on any atom is -0.350 e. The number of carbonyl (C=O) groups excluding carboxylic acids is 1. The summed E-state index contributed by atoms with van der Waals surface area (Å²) in [7, 11) is 0. The fourth-order valence-electron chi connectivity index (χ4n) is 2.56. The normalized spacial score (nSPS) is 20.8. The van der Waals surface area contributed by atoms with Gasteiger partial charge in [0.1, 0.15) is 0 Å². The molecule has 2 rings (SSSR count). The Labute approximate surface area is 123 Å². The maximum Gasteiger partial charge on any atom is 0.220 e. The standard InChI is InChI=1S/C15H21BrN2O/c1-11(13-6-2-3-7-14(13)16)18-15(19)9-12-5-4-8-17-10-12/h2-3,6-7,11-12,17H,4-5,8-10H2,1H3,(H,18,19)/t11-,12?/m1/s1. The second kappa shape index (κ2) is 7.06. The summed E-state index contributed by atoms with van der Waals surface area (Å²) in [6, 6.07) is 8.06. The van der Waals surface area contributed by atoms with Crippen molar-refractivity contribution in [2.24, 2.45) is 5.92 Å². The van der Waals surface area contributed by atoms with E-state index < -0.39 is 0 Å².